The minimum absolute atomic E-state index is 0.173. The van der Waals surface area contributed by atoms with Gasteiger partial charge in [-0.25, -0.2) is 4.39 Å². The van der Waals surface area contributed by atoms with E-state index in [2.05, 4.69) is 21.4 Å². The van der Waals surface area contributed by atoms with Gasteiger partial charge in [0.15, 0.2) is 0 Å². The van der Waals surface area contributed by atoms with E-state index >= 15 is 0 Å². The summed E-state index contributed by atoms with van der Waals surface area (Å²) in [4.78, 5) is 0. The zero-order valence-corrected chi connectivity index (χ0v) is 10.1. The molecule has 1 aromatic carbocycles. The van der Waals surface area contributed by atoms with Crippen LogP contribution in [0.15, 0.2) is 47.3 Å². The minimum Gasteiger partial charge on any atom is -0.347 e. The van der Waals surface area contributed by atoms with Gasteiger partial charge in [-0.15, -0.1) is 0 Å². The predicted molar refractivity (Wildman–Crippen MR) is 69.9 cm³/mol. The lowest BCUT2D eigenvalue weighted by atomic mass is 10.2. The molecule has 0 amide bonds. The van der Waals surface area contributed by atoms with E-state index in [0.29, 0.717) is 0 Å². The number of nitrogens with zero attached hydrogens (tertiary/aromatic N) is 1. The number of benzene rings is 1. The topological polar surface area (TPSA) is 4.93 Å². The molecule has 3 heteroatoms. The number of rotatable bonds is 3. The van der Waals surface area contributed by atoms with Crippen LogP contribution >= 0.6 is 11.3 Å². The van der Waals surface area contributed by atoms with E-state index in [1.807, 2.05) is 18.3 Å². The van der Waals surface area contributed by atoms with Crippen molar-refractivity contribution in [1.82, 2.24) is 4.57 Å². The number of aromatic nitrogens is 1. The Kier molecular flexibility index (Phi) is 2.69. The molecule has 0 bridgehead atoms. The first-order valence-electron chi connectivity index (χ1n) is 5.58. The molecule has 0 aliphatic rings. The summed E-state index contributed by atoms with van der Waals surface area (Å²) in [6.45, 7) is 0.936. The highest BCUT2D eigenvalue weighted by atomic mass is 32.1. The highest BCUT2D eigenvalue weighted by Crippen LogP contribution is 2.18. The summed E-state index contributed by atoms with van der Waals surface area (Å²) >= 11 is 1.72. The van der Waals surface area contributed by atoms with Gasteiger partial charge in [0.05, 0.1) is 0 Å². The third-order valence-corrected chi connectivity index (χ3v) is 3.69. The van der Waals surface area contributed by atoms with Gasteiger partial charge in [-0.1, -0.05) is 0 Å². The van der Waals surface area contributed by atoms with Crippen LogP contribution in [0.5, 0.6) is 0 Å². The number of thiophene rings is 1. The summed E-state index contributed by atoms with van der Waals surface area (Å²) in [5.74, 6) is -0.173. The molecule has 0 fully saturated rings. The second-order valence-electron chi connectivity index (χ2n) is 4.09. The molecule has 2 aromatic heterocycles. The van der Waals surface area contributed by atoms with Gasteiger partial charge in [0.2, 0.25) is 0 Å². The van der Waals surface area contributed by atoms with Crippen LogP contribution in [0.2, 0.25) is 0 Å². The van der Waals surface area contributed by atoms with Crippen LogP contribution in [-0.2, 0) is 13.0 Å². The Hall–Kier alpha value is -1.61. The molecular formula is C14H12FNS. The Bertz CT molecular complexity index is 625. The number of hydrogen-bond acceptors (Lipinski definition) is 1. The molecule has 86 valence electrons. The van der Waals surface area contributed by atoms with Crippen LogP contribution in [-0.4, -0.2) is 4.57 Å². The molecule has 2 heterocycles. The van der Waals surface area contributed by atoms with Crippen molar-refractivity contribution in [2.45, 2.75) is 13.0 Å². The van der Waals surface area contributed by atoms with E-state index < -0.39 is 0 Å². The maximum absolute atomic E-state index is 13.0. The number of hydrogen-bond donors (Lipinski definition) is 0. The first-order chi connectivity index (χ1) is 8.33. The summed E-state index contributed by atoms with van der Waals surface area (Å²) in [5.41, 5.74) is 2.46. The van der Waals surface area contributed by atoms with Crippen LogP contribution in [0.4, 0.5) is 4.39 Å². The van der Waals surface area contributed by atoms with E-state index in [9.17, 15) is 4.39 Å². The fourth-order valence-corrected chi connectivity index (χ4v) is 2.75. The lowest BCUT2D eigenvalue weighted by Crippen LogP contribution is -1.98. The van der Waals surface area contributed by atoms with Crippen molar-refractivity contribution in [3.05, 3.63) is 58.7 Å². The van der Waals surface area contributed by atoms with Crippen LogP contribution in [0, 0.1) is 5.82 Å². The zero-order valence-electron chi connectivity index (χ0n) is 9.27. The molecule has 0 aliphatic heterocycles. The summed E-state index contributed by atoms with van der Waals surface area (Å²) in [6, 6.07) is 9.06. The lowest BCUT2D eigenvalue weighted by Gasteiger charge is -2.04. The van der Waals surface area contributed by atoms with Crippen molar-refractivity contribution in [2.24, 2.45) is 0 Å². The molecule has 3 aromatic rings. The summed E-state index contributed by atoms with van der Waals surface area (Å²) < 4.78 is 15.2. The highest BCUT2D eigenvalue weighted by Gasteiger charge is 2.02. The normalized spacial score (nSPS) is 11.1. The van der Waals surface area contributed by atoms with E-state index in [0.717, 1.165) is 23.9 Å². The predicted octanol–water partition coefficient (Wildman–Crippen LogP) is 4.08. The molecule has 0 saturated heterocycles. The smallest absolute Gasteiger partial charge is 0.123 e. The lowest BCUT2D eigenvalue weighted by molar-refractivity contribution is 0.629. The highest BCUT2D eigenvalue weighted by molar-refractivity contribution is 7.07. The van der Waals surface area contributed by atoms with Crippen LogP contribution in [0.3, 0.4) is 0 Å². The molecule has 0 saturated carbocycles. The van der Waals surface area contributed by atoms with Gasteiger partial charge in [-0.3, -0.25) is 0 Å². The quantitative estimate of drug-likeness (QED) is 0.655. The summed E-state index contributed by atoms with van der Waals surface area (Å²) in [7, 11) is 0. The van der Waals surface area contributed by atoms with Crippen LogP contribution < -0.4 is 0 Å². The summed E-state index contributed by atoms with van der Waals surface area (Å²) in [5, 5.41) is 5.24. The van der Waals surface area contributed by atoms with E-state index in [4.69, 9.17) is 0 Å². The Labute approximate surface area is 103 Å². The Morgan fingerprint density at radius 1 is 1.18 bits per heavy atom. The Balaban J connectivity index is 1.86. The molecule has 1 nitrogen and oxygen atoms in total. The molecule has 0 radical (unpaired) electrons. The SMILES string of the molecule is Fc1ccc2c(ccn2CCc2ccsc2)c1. The molecule has 0 aliphatic carbocycles. The Morgan fingerprint density at radius 2 is 2.12 bits per heavy atom. The van der Waals surface area contributed by atoms with Crippen LogP contribution in [0.1, 0.15) is 5.56 Å². The number of aryl methyl sites for hydroxylation is 2. The molecule has 3 rings (SSSR count). The zero-order chi connectivity index (χ0) is 11.7. The number of halogens is 1. The molecule has 17 heavy (non-hydrogen) atoms. The first-order valence-corrected chi connectivity index (χ1v) is 6.53. The van der Waals surface area contributed by atoms with Gasteiger partial charge in [-0.05, 0) is 53.1 Å². The third-order valence-electron chi connectivity index (χ3n) is 2.95. The van der Waals surface area contributed by atoms with Gasteiger partial charge in [0, 0.05) is 23.6 Å². The van der Waals surface area contributed by atoms with E-state index in [-0.39, 0.29) is 5.82 Å². The van der Waals surface area contributed by atoms with Gasteiger partial charge in [0.1, 0.15) is 5.82 Å². The maximum atomic E-state index is 13.0. The van der Waals surface area contributed by atoms with Crippen molar-refractivity contribution >= 4 is 22.2 Å². The monoisotopic (exact) mass is 245 g/mol. The van der Waals surface area contributed by atoms with Crippen LogP contribution in [0.25, 0.3) is 10.9 Å². The average Bonchev–Trinajstić information content (AvgIpc) is 2.94. The van der Waals surface area contributed by atoms with Gasteiger partial charge >= 0.3 is 0 Å². The molecule has 0 N–H and O–H groups in total. The maximum Gasteiger partial charge on any atom is 0.123 e. The van der Waals surface area contributed by atoms with Crippen molar-refractivity contribution in [2.75, 3.05) is 0 Å². The fourth-order valence-electron chi connectivity index (χ4n) is 2.05. The minimum atomic E-state index is -0.173. The standard InChI is InChI=1S/C14H12FNS/c15-13-1-2-14-12(9-13)4-7-16(14)6-3-11-5-8-17-10-11/h1-2,4-5,7-10H,3,6H2. The second-order valence-corrected chi connectivity index (χ2v) is 4.87. The molecular weight excluding hydrogens is 233 g/mol. The second kappa shape index (κ2) is 4.34. The average molecular weight is 245 g/mol. The summed E-state index contributed by atoms with van der Waals surface area (Å²) in [6.07, 6.45) is 3.04. The van der Waals surface area contributed by atoms with E-state index in [1.54, 1.807) is 17.4 Å². The van der Waals surface area contributed by atoms with Crippen molar-refractivity contribution < 1.29 is 4.39 Å². The molecule has 0 spiro atoms. The molecule has 0 atom stereocenters. The fraction of sp³-hybridized carbons (Fsp3) is 0.143. The third kappa shape index (κ3) is 2.11. The van der Waals surface area contributed by atoms with E-state index in [1.165, 1.54) is 11.6 Å². The van der Waals surface area contributed by atoms with Crippen molar-refractivity contribution in [1.29, 1.82) is 0 Å². The van der Waals surface area contributed by atoms with Crippen molar-refractivity contribution in [3.63, 3.8) is 0 Å². The molecule has 0 unspecified atom stereocenters. The van der Waals surface area contributed by atoms with Gasteiger partial charge in [-0.2, -0.15) is 11.3 Å². The van der Waals surface area contributed by atoms with Gasteiger partial charge < -0.3 is 4.57 Å². The van der Waals surface area contributed by atoms with Gasteiger partial charge in [0.25, 0.3) is 0 Å². The largest absolute Gasteiger partial charge is 0.347 e. The number of fused-ring (bicyclic) bond motifs is 1. The Morgan fingerprint density at radius 3 is 2.94 bits per heavy atom. The first kappa shape index (κ1) is 10.5. The van der Waals surface area contributed by atoms with Crippen molar-refractivity contribution in [3.8, 4) is 0 Å².